The molecule has 0 saturated carbocycles. The third-order valence-corrected chi connectivity index (χ3v) is 3.65. The molecule has 80 valence electrons. The lowest BCUT2D eigenvalue weighted by atomic mass is 10.2. The highest BCUT2D eigenvalue weighted by Crippen LogP contribution is 2.26. The Balaban J connectivity index is 2.30. The number of rotatable bonds is 4. The molecule has 2 rings (SSSR count). The van der Waals surface area contributed by atoms with Crippen LogP contribution in [-0.2, 0) is 0 Å². The predicted molar refractivity (Wildman–Crippen MR) is 68.0 cm³/mol. The van der Waals surface area contributed by atoms with Gasteiger partial charge in [-0.25, -0.2) is 4.98 Å². The van der Waals surface area contributed by atoms with Gasteiger partial charge in [-0.15, -0.1) is 22.9 Å². The molecule has 1 N–H and O–H groups in total. The number of alkyl halides is 1. The predicted octanol–water partition coefficient (Wildman–Crippen LogP) is 3.73. The molecule has 2 heterocycles. The summed E-state index contributed by atoms with van der Waals surface area (Å²) in [6.45, 7) is 2.12. The summed E-state index contributed by atoms with van der Waals surface area (Å²) >= 11 is 7.59. The Morgan fingerprint density at radius 1 is 1.53 bits per heavy atom. The minimum absolute atomic E-state index is 0.296. The van der Waals surface area contributed by atoms with Crippen molar-refractivity contribution >= 4 is 38.8 Å². The Morgan fingerprint density at radius 3 is 3.13 bits per heavy atom. The molecule has 4 heteroatoms. The normalized spacial score (nSPS) is 12.9. The van der Waals surface area contributed by atoms with Gasteiger partial charge >= 0.3 is 0 Å². The summed E-state index contributed by atoms with van der Waals surface area (Å²) in [5.74, 6) is 1.56. The molecule has 0 aromatic carbocycles. The van der Waals surface area contributed by atoms with Gasteiger partial charge in [-0.05, 0) is 23.9 Å². The molecule has 0 aliphatic heterocycles. The number of nitrogens with one attached hydrogen (secondary N) is 1. The van der Waals surface area contributed by atoms with Gasteiger partial charge < -0.3 is 5.32 Å². The molecule has 1 atom stereocenters. The monoisotopic (exact) mass is 240 g/mol. The summed E-state index contributed by atoms with van der Waals surface area (Å²) < 4.78 is 1.26. The topological polar surface area (TPSA) is 24.9 Å². The smallest absolute Gasteiger partial charge is 0.134 e. The molecule has 15 heavy (non-hydrogen) atoms. The van der Waals surface area contributed by atoms with Crippen LogP contribution in [0.4, 0.5) is 5.82 Å². The van der Waals surface area contributed by atoms with E-state index in [9.17, 15) is 0 Å². The number of aromatic nitrogens is 1. The Hall–Kier alpha value is -0.800. The zero-order valence-corrected chi connectivity index (χ0v) is 10.1. The number of hydrogen-bond donors (Lipinski definition) is 1. The van der Waals surface area contributed by atoms with Crippen molar-refractivity contribution in [2.45, 2.75) is 19.4 Å². The molecule has 2 nitrogen and oxygen atoms in total. The first-order valence-electron chi connectivity index (χ1n) is 5.00. The molecule has 0 aliphatic rings. The highest BCUT2D eigenvalue weighted by molar-refractivity contribution is 7.17. The molecule has 2 aromatic rings. The van der Waals surface area contributed by atoms with Crippen molar-refractivity contribution in [2.75, 3.05) is 11.2 Å². The van der Waals surface area contributed by atoms with Crippen LogP contribution in [0.3, 0.4) is 0 Å². The number of hydrogen-bond acceptors (Lipinski definition) is 3. The largest absolute Gasteiger partial charge is 0.366 e. The van der Waals surface area contributed by atoms with Crippen LogP contribution in [0.25, 0.3) is 10.1 Å². The summed E-state index contributed by atoms with van der Waals surface area (Å²) in [6, 6.07) is 4.42. The van der Waals surface area contributed by atoms with Crippen LogP contribution in [0.5, 0.6) is 0 Å². The fourth-order valence-corrected chi connectivity index (χ4v) is 2.53. The van der Waals surface area contributed by atoms with E-state index in [2.05, 4.69) is 28.7 Å². The zero-order chi connectivity index (χ0) is 10.7. The first-order chi connectivity index (χ1) is 7.35. The Kier molecular flexibility index (Phi) is 3.44. The van der Waals surface area contributed by atoms with E-state index in [1.165, 1.54) is 10.1 Å². The molecular formula is C11H13ClN2S. The SMILES string of the molecule is CCC(CCl)Nc1nccc2sccc12. The molecule has 0 spiro atoms. The molecule has 0 saturated heterocycles. The van der Waals surface area contributed by atoms with Gasteiger partial charge in [-0.1, -0.05) is 6.92 Å². The van der Waals surface area contributed by atoms with Crippen LogP contribution in [0.1, 0.15) is 13.3 Å². The number of halogens is 1. The first-order valence-corrected chi connectivity index (χ1v) is 6.41. The van der Waals surface area contributed by atoms with E-state index in [4.69, 9.17) is 11.6 Å². The van der Waals surface area contributed by atoms with E-state index < -0.39 is 0 Å². The maximum absolute atomic E-state index is 5.86. The Labute approximate surface area is 98.3 Å². The Bertz CT molecular complexity index is 437. The van der Waals surface area contributed by atoms with Gasteiger partial charge in [0.25, 0.3) is 0 Å². The number of anilines is 1. The highest BCUT2D eigenvalue weighted by atomic mass is 35.5. The summed E-state index contributed by atoms with van der Waals surface area (Å²) in [6.07, 6.45) is 2.84. The van der Waals surface area contributed by atoms with E-state index in [1.807, 2.05) is 12.3 Å². The molecule has 0 radical (unpaired) electrons. The maximum atomic E-state index is 5.86. The number of pyridine rings is 1. The molecule has 0 fully saturated rings. The van der Waals surface area contributed by atoms with Gasteiger partial charge in [-0.2, -0.15) is 0 Å². The van der Waals surface area contributed by atoms with Crippen LogP contribution in [0, 0.1) is 0 Å². The van der Waals surface area contributed by atoms with Crippen molar-refractivity contribution in [3.8, 4) is 0 Å². The summed E-state index contributed by atoms with van der Waals surface area (Å²) in [5.41, 5.74) is 0. The van der Waals surface area contributed by atoms with Crippen molar-refractivity contribution in [1.82, 2.24) is 4.98 Å². The third kappa shape index (κ3) is 2.24. The van der Waals surface area contributed by atoms with Gasteiger partial charge in [0, 0.05) is 28.2 Å². The van der Waals surface area contributed by atoms with Crippen molar-refractivity contribution in [3.05, 3.63) is 23.7 Å². The van der Waals surface area contributed by atoms with Gasteiger partial charge in [-0.3, -0.25) is 0 Å². The minimum Gasteiger partial charge on any atom is -0.366 e. The standard InChI is InChI=1S/C11H13ClN2S/c1-2-8(7-12)14-11-9-4-6-15-10(9)3-5-13-11/h3-6,8H,2,7H2,1H3,(H,13,14). The van der Waals surface area contributed by atoms with Gasteiger partial charge in [0.2, 0.25) is 0 Å². The second-order valence-electron chi connectivity index (χ2n) is 3.40. The second-order valence-corrected chi connectivity index (χ2v) is 4.65. The minimum atomic E-state index is 0.296. The molecule has 1 unspecified atom stereocenters. The average molecular weight is 241 g/mol. The highest BCUT2D eigenvalue weighted by Gasteiger charge is 2.08. The fourth-order valence-electron chi connectivity index (χ4n) is 1.45. The average Bonchev–Trinajstić information content (AvgIpc) is 2.74. The van der Waals surface area contributed by atoms with Crippen molar-refractivity contribution in [3.63, 3.8) is 0 Å². The van der Waals surface area contributed by atoms with E-state index in [0.29, 0.717) is 11.9 Å². The molecule has 0 bridgehead atoms. The van der Waals surface area contributed by atoms with Crippen LogP contribution in [-0.4, -0.2) is 16.9 Å². The van der Waals surface area contributed by atoms with Crippen LogP contribution in [0.2, 0.25) is 0 Å². The summed E-state index contributed by atoms with van der Waals surface area (Å²) in [7, 11) is 0. The summed E-state index contributed by atoms with van der Waals surface area (Å²) in [4.78, 5) is 4.35. The molecule has 0 aliphatic carbocycles. The van der Waals surface area contributed by atoms with Gasteiger partial charge in [0.05, 0.1) is 0 Å². The van der Waals surface area contributed by atoms with E-state index in [-0.39, 0.29) is 0 Å². The summed E-state index contributed by atoms with van der Waals surface area (Å²) in [5, 5.41) is 6.64. The van der Waals surface area contributed by atoms with E-state index >= 15 is 0 Å². The van der Waals surface area contributed by atoms with E-state index in [0.717, 1.165) is 12.2 Å². The first kappa shape index (κ1) is 10.7. The lowest BCUT2D eigenvalue weighted by Gasteiger charge is -2.14. The Morgan fingerprint density at radius 2 is 2.40 bits per heavy atom. The van der Waals surface area contributed by atoms with E-state index in [1.54, 1.807) is 11.3 Å². The van der Waals surface area contributed by atoms with Gasteiger partial charge in [0.1, 0.15) is 5.82 Å². The lowest BCUT2D eigenvalue weighted by molar-refractivity contribution is 0.767. The molecular weight excluding hydrogens is 228 g/mol. The van der Waals surface area contributed by atoms with Crippen molar-refractivity contribution in [2.24, 2.45) is 0 Å². The van der Waals surface area contributed by atoms with Gasteiger partial charge in [0.15, 0.2) is 0 Å². The third-order valence-electron chi connectivity index (χ3n) is 2.40. The second kappa shape index (κ2) is 4.81. The number of nitrogens with zero attached hydrogens (tertiary/aromatic N) is 1. The number of fused-ring (bicyclic) bond motifs is 1. The van der Waals surface area contributed by atoms with Crippen molar-refractivity contribution in [1.29, 1.82) is 0 Å². The quantitative estimate of drug-likeness (QED) is 0.824. The van der Waals surface area contributed by atoms with Crippen LogP contribution < -0.4 is 5.32 Å². The van der Waals surface area contributed by atoms with Crippen LogP contribution in [0.15, 0.2) is 23.7 Å². The van der Waals surface area contributed by atoms with Crippen LogP contribution >= 0.6 is 22.9 Å². The fraction of sp³-hybridized carbons (Fsp3) is 0.364. The maximum Gasteiger partial charge on any atom is 0.134 e. The zero-order valence-electron chi connectivity index (χ0n) is 8.53. The lowest BCUT2D eigenvalue weighted by Crippen LogP contribution is -2.20. The molecule has 0 amide bonds. The van der Waals surface area contributed by atoms with Crippen molar-refractivity contribution < 1.29 is 0 Å². The number of thiophene rings is 1. The molecule has 2 aromatic heterocycles.